The van der Waals surface area contributed by atoms with Crippen LogP contribution in [0.15, 0.2) is 24.4 Å². The number of aromatic amines is 1. The van der Waals surface area contributed by atoms with Crippen molar-refractivity contribution in [1.29, 1.82) is 0 Å². The van der Waals surface area contributed by atoms with Gasteiger partial charge in [-0.2, -0.15) is 5.10 Å². The zero-order chi connectivity index (χ0) is 10.5. The van der Waals surface area contributed by atoms with E-state index in [2.05, 4.69) is 20.2 Å². The van der Waals surface area contributed by atoms with Crippen LogP contribution in [0.1, 0.15) is 24.3 Å². The molecule has 0 atom stereocenters. The van der Waals surface area contributed by atoms with Crippen molar-refractivity contribution in [2.45, 2.75) is 26.2 Å². The summed E-state index contributed by atoms with van der Waals surface area (Å²) in [5.74, 6) is 1.82. The van der Waals surface area contributed by atoms with Gasteiger partial charge in [-0.05, 0) is 18.6 Å². The molecule has 2 rings (SSSR count). The molecule has 2 heterocycles. The molecule has 15 heavy (non-hydrogen) atoms. The summed E-state index contributed by atoms with van der Waals surface area (Å²) in [4.78, 5) is 8.61. The summed E-state index contributed by atoms with van der Waals surface area (Å²) in [5, 5.41) is 7.03. The second-order valence-corrected chi connectivity index (χ2v) is 3.37. The van der Waals surface area contributed by atoms with E-state index >= 15 is 0 Å². The summed E-state index contributed by atoms with van der Waals surface area (Å²) in [7, 11) is 0. The number of pyridine rings is 1. The van der Waals surface area contributed by atoms with Crippen molar-refractivity contribution in [2.24, 2.45) is 0 Å². The van der Waals surface area contributed by atoms with Gasteiger partial charge in [-0.15, -0.1) is 0 Å². The Balaban J connectivity index is 1.93. The molecule has 78 valence electrons. The highest BCUT2D eigenvalue weighted by atomic mass is 15.2. The van der Waals surface area contributed by atoms with Crippen LogP contribution in [0.3, 0.4) is 0 Å². The normalized spacial score (nSPS) is 10.5. The van der Waals surface area contributed by atoms with Gasteiger partial charge in [0.05, 0.1) is 0 Å². The Bertz CT molecular complexity index is 408. The zero-order valence-corrected chi connectivity index (χ0v) is 8.77. The smallest absolute Gasteiger partial charge is 0.150 e. The fourth-order valence-corrected chi connectivity index (χ4v) is 1.40. The van der Waals surface area contributed by atoms with Crippen LogP contribution in [0.4, 0.5) is 0 Å². The van der Waals surface area contributed by atoms with Gasteiger partial charge in [0, 0.05) is 24.7 Å². The molecule has 0 aliphatic rings. The number of nitrogens with one attached hydrogen (secondary N) is 1. The van der Waals surface area contributed by atoms with E-state index in [1.54, 1.807) is 0 Å². The van der Waals surface area contributed by atoms with Gasteiger partial charge in [0.25, 0.3) is 0 Å². The van der Waals surface area contributed by atoms with Crippen LogP contribution in [0.5, 0.6) is 0 Å². The van der Waals surface area contributed by atoms with E-state index in [0.29, 0.717) is 0 Å². The van der Waals surface area contributed by atoms with Crippen molar-refractivity contribution >= 4 is 0 Å². The van der Waals surface area contributed by atoms with Gasteiger partial charge in [0.15, 0.2) is 0 Å². The van der Waals surface area contributed by atoms with Crippen LogP contribution >= 0.6 is 0 Å². The maximum absolute atomic E-state index is 4.35. The molecule has 0 radical (unpaired) electrons. The van der Waals surface area contributed by atoms with Crippen molar-refractivity contribution in [3.8, 4) is 0 Å². The highest BCUT2D eigenvalue weighted by molar-refractivity contribution is 5.05. The maximum atomic E-state index is 4.35. The minimum absolute atomic E-state index is 0.865. The van der Waals surface area contributed by atoms with E-state index in [0.717, 1.165) is 36.6 Å². The molecular weight excluding hydrogens is 188 g/mol. The Labute approximate surface area is 88.8 Å². The van der Waals surface area contributed by atoms with Crippen molar-refractivity contribution < 1.29 is 0 Å². The third-order valence-electron chi connectivity index (χ3n) is 2.24. The number of nitrogens with zero attached hydrogens (tertiary/aromatic N) is 3. The molecule has 0 spiro atoms. The lowest BCUT2D eigenvalue weighted by molar-refractivity contribution is 0.842. The van der Waals surface area contributed by atoms with Crippen LogP contribution in [-0.4, -0.2) is 20.2 Å². The van der Waals surface area contributed by atoms with Gasteiger partial charge in [0.2, 0.25) is 0 Å². The molecule has 0 unspecified atom stereocenters. The molecule has 0 bridgehead atoms. The van der Waals surface area contributed by atoms with Gasteiger partial charge < -0.3 is 0 Å². The SMILES string of the molecule is CCc1n[nH]c(CCc2ccccn2)n1. The first-order valence-electron chi connectivity index (χ1n) is 5.18. The summed E-state index contributed by atoms with van der Waals surface area (Å²) in [6, 6.07) is 5.95. The van der Waals surface area contributed by atoms with E-state index in [9.17, 15) is 0 Å². The minimum atomic E-state index is 0.865. The monoisotopic (exact) mass is 202 g/mol. The highest BCUT2D eigenvalue weighted by Gasteiger charge is 2.01. The molecule has 4 nitrogen and oxygen atoms in total. The van der Waals surface area contributed by atoms with Gasteiger partial charge in [-0.1, -0.05) is 13.0 Å². The molecule has 0 saturated heterocycles. The molecule has 0 saturated carbocycles. The average Bonchev–Trinajstić information content (AvgIpc) is 2.76. The quantitative estimate of drug-likeness (QED) is 0.818. The Morgan fingerprint density at radius 3 is 2.87 bits per heavy atom. The van der Waals surface area contributed by atoms with Crippen LogP contribution in [0, 0.1) is 0 Å². The third kappa shape index (κ3) is 2.62. The maximum Gasteiger partial charge on any atom is 0.150 e. The van der Waals surface area contributed by atoms with Crippen LogP contribution in [-0.2, 0) is 19.3 Å². The Morgan fingerprint density at radius 1 is 1.27 bits per heavy atom. The van der Waals surface area contributed by atoms with E-state index in [4.69, 9.17) is 0 Å². The summed E-state index contributed by atoms with van der Waals surface area (Å²) < 4.78 is 0. The number of rotatable bonds is 4. The molecular formula is C11H14N4. The molecule has 2 aromatic rings. The van der Waals surface area contributed by atoms with Gasteiger partial charge in [-0.25, -0.2) is 4.98 Å². The second kappa shape index (κ2) is 4.68. The largest absolute Gasteiger partial charge is 0.263 e. The molecule has 1 N–H and O–H groups in total. The van der Waals surface area contributed by atoms with E-state index in [-0.39, 0.29) is 0 Å². The van der Waals surface area contributed by atoms with Gasteiger partial charge in [0.1, 0.15) is 11.6 Å². The van der Waals surface area contributed by atoms with Crippen LogP contribution in [0.25, 0.3) is 0 Å². The van der Waals surface area contributed by atoms with Gasteiger partial charge in [-0.3, -0.25) is 10.1 Å². The minimum Gasteiger partial charge on any atom is -0.263 e. The molecule has 0 aliphatic heterocycles. The van der Waals surface area contributed by atoms with Crippen molar-refractivity contribution in [3.05, 3.63) is 41.7 Å². The number of aryl methyl sites for hydroxylation is 3. The lowest BCUT2D eigenvalue weighted by Crippen LogP contribution is -1.95. The topological polar surface area (TPSA) is 54.5 Å². The Kier molecular flexibility index (Phi) is 3.07. The van der Waals surface area contributed by atoms with E-state index in [1.165, 1.54) is 0 Å². The fourth-order valence-electron chi connectivity index (χ4n) is 1.40. The van der Waals surface area contributed by atoms with Crippen LogP contribution < -0.4 is 0 Å². The molecule has 0 amide bonds. The predicted octanol–water partition coefficient (Wildman–Crippen LogP) is 1.55. The number of hydrogen-bond donors (Lipinski definition) is 1. The van der Waals surface area contributed by atoms with Gasteiger partial charge >= 0.3 is 0 Å². The van der Waals surface area contributed by atoms with Crippen LogP contribution in [0.2, 0.25) is 0 Å². The van der Waals surface area contributed by atoms with Crippen molar-refractivity contribution in [1.82, 2.24) is 20.2 Å². The lowest BCUT2D eigenvalue weighted by Gasteiger charge is -1.96. The Hall–Kier alpha value is -1.71. The third-order valence-corrected chi connectivity index (χ3v) is 2.24. The first-order chi connectivity index (χ1) is 7.38. The lowest BCUT2D eigenvalue weighted by atomic mass is 10.2. The van der Waals surface area contributed by atoms with Crippen molar-refractivity contribution in [2.75, 3.05) is 0 Å². The number of aromatic nitrogens is 4. The standard InChI is InChI=1S/C11H14N4/c1-2-10-13-11(15-14-10)7-6-9-5-3-4-8-12-9/h3-5,8H,2,6-7H2,1H3,(H,13,14,15). The molecule has 2 aromatic heterocycles. The molecule has 0 aliphatic carbocycles. The summed E-state index contributed by atoms with van der Waals surface area (Å²) >= 11 is 0. The fraction of sp³-hybridized carbons (Fsp3) is 0.364. The highest BCUT2D eigenvalue weighted by Crippen LogP contribution is 2.01. The Morgan fingerprint density at radius 2 is 2.20 bits per heavy atom. The first-order valence-corrected chi connectivity index (χ1v) is 5.18. The number of H-pyrrole nitrogens is 1. The van der Waals surface area contributed by atoms with E-state index < -0.39 is 0 Å². The van der Waals surface area contributed by atoms with E-state index in [1.807, 2.05) is 31.3 Å². The predicted molar refractivity (Wildman–Crippen MR) is 57.4 cm³/mol. The molecule has 4 heteroatoms. The molecule has 0 aromatic carbocycles. The summed E-state index contributed by atoms with van der Waals surface area (Å²) in [5.41, 5.74) is 1.09. The second-order valence-electron chi connectivity index (χ2n) is 3.37. The summed E-state index contributed by atoms with van der Waals surface area (Å²) in [6.45, 7) is 2.05. The zero-order valence-electron chi connectivity index (χ0n) is 8.77. The number of hydrogen-bond acceptors (Lipinski definition) is 3. The molecule has 0 fully saturated rings. The first kappa shape index (κ1) is 9.83. The average molecular weight is 202 g/mol. The van der Waals surface area contributed by atoms with Crippen molar-refractivity contribution in [3.63, 3.8) is 0 Å². The summed E-state index contributed by atoms with van der Waals surface area (Å²) in [6.07, 6.45) is 4.45.